The molecule has 0 bridgehead atoms. The van der Waals surface area contributed by atoms with Crippen molar-refractivity contribution in [3.63, 3.8) is 0 Å². The lowest BCUT2D eigenvalue weighted by atomic mass is 10.1. The lowest BCUT2D eigenvalue weighted by Crippen LogP contribution is -2.51. The highest BCUT2D eigenvalue weighted by Crippen LogP contribution is 2.29. The predicted molar refractivity (Wildman–Crippen MR) is 147 cm³/mol. The molecule has 3 rings (SSSR count). The first kappa shape index (κ1) is 27.9. The van der Waals surface area contributed by atoms with Crippen molar-refractivity contribution < 1.29 is 18.0 Å². The summed E-state index contributed by atoms with van der Waals surface area (Å²) in [6.07, 6.45) is 0.381. The van der Waals surface area contributed by atoms with Crippen LogP contribution in [0.3, 0.4) is 0 Å². The highest BCUT2D eigenvalue weighted by atomic mass is 32.2. The van der Waals surface area contributed by atoms with E-state index in [2.05, 4.69) is 5.32 Å². The first-order valence-electron chi connectivity index (χ1n) is 12.3. The topological polar surface area (TPSA) is 86.8 Å². The van der Waals surface area contributed by atoms with Crippen LogP contribution in [-0.4, -0.2) is 44.8 Å². The van der Waals surface area contributed by atoms with Crippen molar-refractivity contribution in [3.05, 3.63) is 95.1 Å². The molecular formula is C29H35N3O4S. The fraction of sp³-hybridized carbons (Fsp3) is 0.310. The minimum absolute atomic E-state index is 0.0970. The first-order valence-corrected chi connectivity index (χ1v) is 13.7. The van der Waals surface area contributed by atoms with Crippen molar-refractivity contribution in [2.24, 2.45) is 0 Å². The number of benzene rings is 3. The number of aryl methyl sites for hydroxylation is 2. The molecule has 0 aliphatic rings. The van der Waals surface area contributed by atoms with Crippen LogP contribution in [0.1, 0.15) is 35.6 Å². The normalized spacial score (nSPS) is 12.0. The number of nitrogens with zero attached hydrogens (tertiary/aromatic N) is 2. The Kier molecular flexibility index (Phi) is 9.10. The molecule has 8 heteroatoms. The molecule has 0 aliphatic carbocycles. The third kappa shape index (κ3) is 6.38. The number of carbonyl (C=O) groups is 2. The predicted octanol–water partition coefficient (Wildman–Crippen LogP) is 4.36. The van der Waals surface area contributed by atoms with E-state index in [4.69, 9.17) is 0 Å². The molecule has 0 fully saturated rings. The van der Waals surface area contributed by atoms with E-state index in [0.717, 1.165) is 26.6 Å². The summed E-state index contributed by atoms with van der Waals surface area (Å²) in [5, 5.41) is 2.64. The molecule has 0 unspecified atom stereocenters. The molecule has 3 aromatic carbocycles. The van der Waals surface area contributed by atoms with Gasteiger partial charge in [-0.05, 0) is 62.1 Å². The van der Waals surface area contributed by atoms with Gasteiger partial charge in [0.05, 0.1) is 10.6 Å². The lowest BCUT2D eigenvalue weighted by Gasteiger charge is -2.33. The van der Waals surface area contributed by atoms with Crippen molar-refractivity contribution in [1.29, 1.82) is 0 Å². The van der Waals surface area contributed by atoms with Gasteiger partial charge in [-0.1, -0.05) is 67.1 Å². The average Bonchev–Trinajstić information content (AvgIpc) is 2.89. The molecule has 1 N–H and O–H groups in total. The zero-order valence-corrected chi connectivity index (χ0v) is 22.9. The maximum atomic E-state index is 13.9. The Morgan fingerprint density at radius 3 is 2.14 bits per heavy atom. The molecule has 0 saturated heterocycles. The van der Waals surface area contributed by atoms with Gasteiger partial charge in [0.1, 0.15) is 12.6 Å². The Morgan fingerprint density at radius 1 is 0.892 bits per heavy atom. The molecule has 2 amide bonds. The number of amides is 2. The second kappa shape index (κ2) is 12.1. The van der Waals surface area contributed by atoms with Crippen LogP contribution < -0.4 is 9.62 Å². The number of anilines is 1. The number of hydrogen-bond donors (Lipinski definition) is 1. The van der Waals surface area contributed by atoms with Gasteiger partial charge in [-0.2, -0.15) is 0 Å². The number of sulfonamides is 1. The van der Waals surface area contributed by atoms with Crippen molar-refractivity contribution in [2.75, 3.05) is 17.9 Å². The van der Waals surface area contributed by atoms with Crippen molar-refractivity contribution in [1.82, 2.24) is 10.2 Å². The number of hydrogen-bond acceptors (Lipinski definition) is 4. The van der Waals surface area contributed by atoms with Crippen LogP contribution in [0.5, 0.6) is 0 Å². The molecule has 0 aromatic heterocycles. The lowest BCUT2D eigenvalue weighted by molar-refractivity contribution is -0.140. The number of rotatable bonds is 10. The van der Waals surface area contributed by atoms with Crippen LogP contribution in [-0.2, 0) is 26.2 Å². The average molecular weight is 522 g/mol. The van der Waals surface area contributed by atoms with Crippen molar-refractivity contribution in [2.45, 2.75) is 51.6 Å². The van der Waals surface area contributed by atoms with Gasteiger partial charge < -0.3 is 10.2 Å². The van der Waals surface area contributed by atoms with Crippen LogP contribution in [0.25, 0.3) is 0 Å². The smallest absolute Gasteiger partial charge is 0.264 e. The molecule has 0 spiro atoms. The second-order valence-electron chi connectivity index (χ2n) is 9.09. The highest BCUT2D eigenvalue weighted by molar-refractivity contribution is 7.92. The molecular weight excluding hydrogens is 486 g/mol. The van der Waals surface area contributed by atoms with E-state index < -0.39 is 28.5 Å². The fourth-order valence-electron chi connectivity index (χ4n) is 4.22. The molecule has 0 aliphatic heterocycles. The van der Waals surface area contributed by atoms with E-state index in [9.17, 15) is 18.0 Å². The maximum absolute atomic E-state index is 13.9. The molecule has 7 nitrogen and oxygen atoms in total. The van der Waals surface area contributed by atoms with Crippen LogP contribution >= 0.6 is 0 Å². The minimum atomic E-state index is -4.08. The molecule has 1 atom stereocenters. The van der Waals surface area contributed by atoms with E-state index in [1.54, 1.807) is 36.4 Å². The van der Waals surface area contributed by atoms with E-state index in [-0.39, 0.29) is 17.3 Å². The third-order valence-electron chi connectivity index (χ3n) is 6.56. The highest BCUT2D eigenvalue weighted by Gasteiger charge is 2.34. The molecule has 0 radical (unpaired) electrons. The van der Waals surface area contributed by atoms with Gasteiger partial charge in [0.15, 0.2) is 0 Å². The molecule has 3 aromatic rings. The Morgan fingerprint density at radius 2 is 1.54 bits per heavy atom. The van der Waals surface area contributed by atoms with Gasteiger partial charge in [0.25, 0.3) is 10.0 Å². The van der Waals surface area contributed by atoms with Crippen LogP contribution in [0.15, 0.2) is 77.7 Å². The summed E-state index contributed by atoms with van der Waals surface area (Å²) >= 11 is 0. The Labute approximate surface area is 220 Å². The third-order valence-corrected chi connectivity index (χ3v) is 8.33. The summed E-state index contributed by atoms with van der Waals surface area (Å²) in [4.78, 5) is 28.2. The zero-order chi connectivity index (χ0) is 27.2. The Hall–Kier alpha value is -3.65. The summed E-state index contributed by atoms with van der Waals surface area (Å²) in [7, 11) is -2.56. The van der Waals surface area contributed by atoms with Gasteiger partial charge >= 0.3 is 0 Å². The number of nitrogens with one attached hydrogen (secondary N) is 1. The van der Waals surface area contributed by atoms with Crippen LogP contribution in [0.2, 0.25) is 0 Å². The summed E-state index contributed by atoms with van der Waals surface area (Å²) in [5.74, 6) is -0.762. The van der Waals surface area contributed by atoms with Crippen LogP contribution in [0.4, 0.5) is 5.69 Å². The Bertz CT molecular complexity index is 1340. The van der Waals surface area contributed by atoms with Gasteiger partial charge in [-0.15, -0.1) is 0 Å². The summed E-state index contributed by atoms with van der Waals surface area (Å²) in [5.41, 5.74) is 3.88. The molecule has 37 heavy (non-hydrogen) atoms. The molecule has 0 heterocycles. The van der Waals surface area contributed by atoms with Gasteiger partial charge in [0.2, 0.25) is 11.8 Å². The minimum Gasteiger partial charge on any atom is -0.357 e. The SMILES string of the molecule is CC[C@H](C(=O)NC)N(Cc1ccccc1)C(=O)CN(c1cccc(C)c1C)S(=O)(=O)c1ccc(C)cc1. The maximum Gasteiger partial charge on any atom is 0.264 e. The molecule has 196 valence electrons. The number of carbonyl (C=O) groups excluding carboxylic acids is 2. The monoisotopic (exact) mass is 521 g/mol. The van der Waals surface area contributed by atoms with Crippen molar-refractivity contribution in [3.8, 4) is 0 Å². The largest absolute Gasteiger partial charge is 0.357 e. The number of likely N-dealkylation sites (N-methyl/N-ethyl adjacent to an activating group) is 1. The summed E-state index contributed by atoms with van der Waals surface area (Å²) in [6.45, 7) is 7.19. The van der Waals surface area contributed by atoms with E-state index >= 15 is 0 Å². The van der Waals surface area contributed by atoms with Gasteiger partial charge in [-0.25, -0.2) is 8.42 Å². The van der Waals surface area contributed by atoms with Gasteiger partial charge in [0, 0.05) is 13.6 Å². The fourth-order valence-corrected chi connectivity index (χ4v) is 5.69. The van der Waals surface area contributed by atoms with Crippen LogP contribution in [0, 0.1) is 20.8 Å². The van der Waals surface area contributed by atoms with E-state index in [1.807, 2.05) is 64.1 Å². The second-order valence-corrected chi connectivity index (χ2v) is 11.0. The van der Waals surface area contributed by atoms with E-state index in [1.165, 1.54) is 11.9 Å². The summed E-state index contributed by atoms with van der Waals surface area (Å²) < 4.78 is 29.0. The molecule has 0 saturated carbocycles. The standard InChI is InChI=1S/C29H35N3O4S/c1-6-26(29(34)30-5)31(19-24-12-8-7-9-13-24)28(33)20-32(27-14-10-11-22(3)23(27)4)37(35,36)25-17-15-21(2)16-18-25/h7-18,26H,6,19-20H2,1-5H3,(H,30,34)/t26-/m1/s1. The summed E-state index contributed by atoms with van der Waals surface area (Å²) in [6, 6.07) is 20.6. The van der Waals surface area contributed by atoms with Crippen molar-refractivity contribution >= 4 is 27.5 Å². The quantitative estimate of drug-likeness (QED) is 0.430. The Balaban J connectivity index is 2.10. The van der Waals surface area contributed by atoms with Gasteiger partial charge in [-0.3, -0.25) is 13.9 Å². The zero-order valence-electron chi connectivity index (χ0n) is 22.1. The van der Waals surface area contributed by atoms with E-state index in [0.29, 0.717) is 12.1 Å². The first-order chi connectivity index (χ1) is 17.6.